The van der Waals surface area contributed by atoms with Gasteiger partial charge in [-0.15, -0.1) is 11.8 Å². The first-order valence-corrected chi connectivity index (χ1v) is 5.48. The number of carbonyl (C=O) groups excluding carboxylic acids is 1. The minimum atomic E-state index is -0.785. The summed E-state index contributed by atoms with van der Waals surface area (Å²) < 4.78 is 0. The van der Waals surface area contributed by atoms with Gasteiger partial charge in [-0.1, -0.05) is 13.8 Å². The van der Waals surface area contributed by atoms with Crippen molar-refractivity contribution in [2.24, 2.45) is 11.8 Å². The highest BCUT2D eigenvalue weighted by atomic mass is 32.2. The lowest BCUT2D eigenvalue weighted by Crippen LogP contribution is -2.40. The van der Waals surface area contributed by atoms with Gasteiger partial charge >= 0.3 is 0 Å². The number of nitrogens with one attached hydrogen (secondary N) is 1. The molecule has 0 fully saturated rings. The molecule has 1 amide bonds. The van der Waals surface area contributed by atoms with E-state index in [1.807, 2.05) is 13.8 Å². The highest BCUT2D eigenvalue weighted by molar-refractivity contribution is 8.00. The molecule has 0 saturated heterocycles. The van der Waals surface area contributed by atoms with Crippen molar-refractivity contribution in [2.45, 2.75) is 25.2 Å². The van der Waals surface area contributed by atoms with E-state index >= 15 is 0 Å². The van der Waals surface area contributed by atoms with Gasteiger partial charge in [-0.3, -0.25) is 10.2 Å². The Morgan fingerprint density at radius 3 is 2.50 bits per heavy atom. The van der Waals surface area contributed by atoms with Gasteiger partial charge in [0, 0.05) is 5.75 Å². The molecule has 14 heavy (non-hydrogen) atoms. The maximum atomic E-state index is 11.3. The van der Waals surface area contributed by atoms with Crippen LogP contribution in [0.5, 0.6) is 0 Å². The normalized spacial score (nSPS) is 15.3. The van der Waals surface area contributed by atoms with E-state index < -0.39 is 6.10 Å². The average Bonchev–Trinajstić information content (AvgIpc) is 2.16. The second-order valence-corrected chi connectivity index (χ2v) is 4.52. The molecule has 0 aliphatic rings. The summed E-state index contributed by atoms with van der Waals surface area (Å²) in [5.74, 6) is 5.23. The molecule has 5 N–H and O–H groups in total. The van der Waals surface area contributed by atoms with Crippen LogP contribution in [0.2, 0.25) is 0 Å². The highest BCUT2D eigenvalue weighted by Crippen LogP contribution is 2.20. The van der Waals surface area contributed by atoms with Crippen LogP contribution in [0.3, 0.4) is 0 Å². The Kier molecular flexibility index (Phi) is 6.90. The van der Waals surface area contributed by atoms with E-state index in [2.05, 4.69) is 5.43 Å². The summed E-state index contributed by atoms with van der Waals surface area (Å²) in [6.07, 6.45) is -0.785. The summed E-state index contributed by atoms with van der Waals surface area (Å²) in [6, 6.07) is 0. The smallest absolute Gasteiger partial charge is 0.247 e. The molecule has 0 bridgehead atoms. The number of aliphatic hydroxyl groups excluding tert-OH is 2. The summed E-state index contributed by atoms with van der Waals surface area (Å²) in [6.45, 7) is 3.51. The van der Waals surface area contributed by atoms with Gasteiger partial charge in [0.15, 0.2) is 0 Å². The fourth-order valence-electron chi connectivity index (χ4n) is 0.920. The molecule has 0 rings (SSSR count). The molecular weight excluding hydrogens is 204 g/mol. The van der Waals surface area contributed by atoms with Crippen molar-refractivity contribution in [3.63, 3.8) is 0 Å². The maximum absolute atomic E-state index is 11.3. The van der Waals surface area contributed by atoms with E-state index in [0.29, 0.717) is 5.75 Å². The Labute approximate surface area is 88.0 Å². The van der Waals surface area contributed by atoms with E-state index in [0.717, 1.165) is 0 Å². The molecule has 2 unspecified atom stereocenters. The lowest BCUT2D eigenvalue weighted by molar-refractivity contribution is -0.121. The zero-order chi connectivity index (χ0) is 11.1. The summed E-state index contributed by atoms with van der Waals surface area (Å²) in [7, 11) is 0. The van der Waals surface area contributed by atoms with E-state index in [1.165, 1.54) is 11.8 Å². The van der Waals surface area contributed by atoms with Gasteiger partial charge in [-0.05, 0) is 5.92 Å². The molecule has 5 nitrogen and oxygen atoms in total. The number of carbonyl (C=O) groups is 1. The van der Waals surface area contributed by atoms with Crippen molar-refractivity contribution in [3.8, 4) is 0 Å². The number of hydrogen-bond acceptors (Lipinski definition) is 5. The van der Waals surface area contributed by atoms with E-state index in [1.54, 1.807) is 0 Å². The standard InChI is InChI=1S/C8H18N2O3S/c1-5(2)7(8(13)10-9)14-4-6(12)3-11/h5-7,11-12H,3-4,9H2,1-2H3,(H,10,13). The lowest BCUT2D eigenvalue weighted by Gasteiger charge is -2.19. The second-order valence-electron chi connectivity index (χ2n) is 3.34. The van der Waals surface area contributed by atoms with Gasteiger partial charge in [0.05, 0.1) is 18.0 Å². The van der Waals surface area contributed by atoms with Gasteiger partial charge in [-0.2, -0.15) is 0 Å². The Balaban J connectivity index is 4.04. The molecule has 0 aliphatic carbocycles. The minimum Gasteiger partial charge on any atom is -0.394 e. The van der Waals surface area contributed by atoms with Gasteiger partial charge in [0.1, 0.15) is 0 Å². The van der Waals surface area contributed by atoms with E-state index in [9.17, 15) is 4.79 Å². The molecule has 0 aromatic heterocycles. The quantitative estimate of drug-likeness (QED) is 0.265. The predicted molar refractivity (Wildman–Crippen MR) is 56.5 cm³/mol. The van der Waals surface area contributed by atoms with Crippen LogP contribution in [0.15, 0.2) is 0 Å². The summed E-state index contributed by atoms with van der Waals surface area (Å²) in [4.78, 5) is 11.3. The fourth-order valence-corrected chi connectivity index (χ4v) is 2.06. The molecule has 2 atom stereocenters. The Hall–Kier alpha value is -0.300. The van der Waals surface area contributed by atoms with Crippen LogP contribution in [0.1, 0.15) is 13.8 Å². The van der Waals surface area contributed by atoms with Crippen LogP contribution < -0.4 is 11.3 Å². The largest absolute Gasteiger partial charge is 0.394 e. The monoisotopic (exact) mass is 222 g/mol. The number of rotatable bonds is 6. The molecule has 0 heterocycles. The average molecular weight is 222 g/mol. The molecule has 0 aliphatic heterocycles. The highest BCUT2D eigenvalue weighted by Gasteiger charge is 2.22. The molecular formula is C8H18N2O3S. The maximum Gasteiger partial charge on any atom is 0.247 e. The van der Waals surface area contributed by atoms with Gasteiger partial charge < -0.3 is 10.2 Å². The zero-order valence-electron chi connectivity index (χ0n) is 8.43. The van der Waals surface area contributed by atoms with Crippen molar-refractivity contribution in [2.75, 3.05) is 12.4 Å². The first kappa shape index (κ1) is 13.7. The van der Waals surface area contributed by atoms with Gasteiger partial charge in [-0.25, -0.2) is 5.84 Å². The number of amides is 1. The molecule has 0 aromatic carbocycles. The van der Waals surface area contributed by atoms with Crippen molar-refractivity contribution < 1.29 is 15.0 Å². The van der Waals surface area contributed by atoms with Gasteiger partial charge in [0.2, 0.25) is 5.91 Å². The SMILES string of the molecule is CC(C)C(SCC(O)CO)C(=O)NN. The number of hydrazine groups is 1. The van der Waals surface area contributed by atoms with Crippen LogP contribution in [0.4, 0.5) is 0 Å². The summed E-state index contributed by atoms with van der Waals surface area (Å²) >= 11 is 1.29. The van der Waals surface area contributed by atoms with Crippen LogP contribution in [0.25, 0.3) is 0 Å². The third-order valence-electron chi connectivity index (χ3n) is 1.69. The molecule has 0 saturated carbocycles. The Morgan fingerprint density at radius 1 is 1.57 bits per heavy atom. The fraction of sp³-hybridized carbons (Fsp3) is 0.875. The first-order chi connectivity index (χ1) is 6.52. The molecule has 0 radical (unpaired) electrons. The number of hydrogen-bond donors (Lipinski definition) is 4. The van der Waals surface area contributed by atoms with Crippen LogP contribution in [-0.4, -0.2) is 39.8 Å². The van der Waals surface area contributed by atoms with Crippen molar-refractivity contribution in [1.29, 1.82) is 0 Å². The third-order valence-corrected chi connectivity index (χ3v) is 3.38. The molecule has 0 spiro atoms. The van der Waals surface area contributed by atoms with Crippen molar-refractivity contribution in [3.05, 3.63) is 0 Å². The predicted octanol–water partition coefficient (Wildman–Crippen LogP) is -0.913. The lowest BCUT2D eigenvalue weighted by atomic mass is 10.1. The van der Waals surface area contributed by atoms with Crippen molar-refractivity contribution in [1.82, 2.24) is 5.43 Å². The van der Waals surface area contributed by atoms with E-state index in [-0.39, 0.29) is 23.7 Å². The zero-order valence-corrected chi connectivity index (χ0v) is 9.25. The third kappa shape index (κ3) is 4.80. The second kappa shape index (κ2) is 7.05. The number of nitrogens with two attached hydrogens (primary N) is 1. The molecule has 84 valence electrons. The van der Waals surface area contributed by atoms with Crippen LogP contribution >= 0.6 is 11.8 Å². The number of aliphatic hydroxyl groups is 2. The minimum absolute atomic E-state index is 0.134. The van der Waals surface area contributed by atoms with E-state index in [4.69, 9.17) is 16.1 Å². The Morgan fingerprint density at radius 2 is 2.14 bits per heavy atom. The molecule has 6 heteroatoms. The van der Waals surface area contributed by atoms with Crippen LogP contribution in [0, 0.1) is 5.92 Å². The topological polar surface area (TPSA) is 95.6 Å². The van der Waals surface area contributed by atoms with Gasteiger partial charge in [0.25, 0.3) is 0 Å². The molecule has 0 aromatic rings. The summed E-state index contributed by atoms with van der Waals surface area (Å²) in [5.41, 5.74) is 2.08. The van der Waals surface area contributed by atoms with Crippen molar-refractivity contribution >= 4 is 17.7 Å². The number of thioether (sulfide) groups is 1. The summed E-state index contributed by atoms with van der Waals surface area (Å²) in [5, 5.41) is 17.4. The van der Waals surface area contributed by atoms with Crippen LogP contribution in [-0.2, 0) is 4.79 Å². The first-order valence-electron chi connectivity index (χ1n) is 4.43. The Bertz CT molecular complexity index is 178.